The van der Waals surface area contributed by atoms with Crippen LogP contribution in [-0.2, 0) is 4.79 Å². The molecule has 1 aliphatic heterocycles. The van der Waals surface area contributed by atoms with Crippen LogP contribution < -0.4 is 15.5 Å². The fourth-order valence-electron chi connectivity index (χ4n) is 3.46. The first-order valence-corrected chi connectivity index (χ1v) is 10.6. The minimum Gasteiger partial charge on any atom is -0.311 e. The fourth-order valence-corrected chi connectivity index (χ4v) is 3.70. The molecule has 3 aromatic rings. The largest absolute Gasteiger partial charge is 0.321 e. The summed E-state index contributed by atoms with van der Waals surface area (Å²) in [5.74, 6) is -0.319. The van der Waals surface area contributed by atoms with Crippen molar-refractivity contribution in [3.8, 4) is 0 Å². The van der Waals surface area contributed by atoms with E-state index in [0.717, 1.165) is 26.9 Å². The molecule has 1 aliphatic rings. The number of aryl methyl sites for hydroxylation is 1. The average Bonchev–Trinajstić information content (AvgIpc) is 2.88. The Bertz CT molecular complexity index is 1180. The van der Waals surface area contributed by atoms with Gasteiger partial charge in [-0.2, -0.15) is 0 Å². The van der Waals surface area contributed by atoms with Crippen LogP contribution >= 0.6 is 15.9 Å². The van der Waals surface area contributed by atoms with E-state index in [0.29, 0.717) is 11.4 Å². The summed E-state index contributed by atoms with van der Waals surface area (Å²) in [6.45, 7) is 1.94. The van der Waals surface area contributed by atoms with Crippen molar-refractivity contribution in [2.75, 3.05) is 17.3 Å². The molecule has 0 saturated carbocycles. The van der Waals surface area contributed by atoms with E-state index in [9.17, 15) is 9.59 Å². The first-order valence-electron chi connectivity index (χ1n) is 9.78. The Morgan fingerprint density at radius 2 is 1.74 bits per heavy atom. The second kappa shape index (κ2) is 8.73. The number of benzodiazepines with no additional fused rings is 1. The van der Waals surface area contributed by atoms with E-state index >= 15 is 0 Å². The molecule has 7 heteroatoms. The van der Waals surface area contributed by atoms with Crippen molar-refractivity contribution in [1.82, 2.24) is 5.32 Å². The van der Waals surface area contributed by atoms with Gasteiger partial charge in [0, 0.05) is 28.3 Å². The van der Waals surface area contributed by atoms with Crippen LogP contribution in [-0.4, -0.2) is 30.9 Å². The first kappa shape index (κ1) is 20.8. The lowest BCUT2D eigenvalue weighted by Gasteiger charge is -2.21. The van der Waals surface area contributed by atoms with Crippen molar-refractivity contribution >= 4 is 45.0 Å². The molecule has 0 saturated heterocycles. The molecule has 0 fully saturated rings. The maximum absolute atomic E-state index is 13.1. The fraction of sp³-hybridized carbons (Fsp3) is 0.125. The van der Waals surface area contributed by atoms with Gasteiger partial charge in [0.15, 0.2) is 0 Å². The van der Waals surface area contributed by atoms with Crippen LogP contribution in [0.25, 0.3) is 0 Å². The minimum atomic E-state index is -1.07. The predicted octanol–water partition coefficient (Wildman–Crippen LogP) is 4.72. The molecular formula is C24H21BrN4O2. The van der Waals surface area contributed by atoms with Crippen molar-refractivity contribution in [2.24, 2.45) is 4.99 Å². The zero-order valence-electron chi connectivity index (χ0n) is 17.1. The summed E-state index contributed by atoms with van der Waals surface area (Å²) in [7, 11) is 1.69. The van der Waals surface area contributed by atoms with Crippen molar-refractivity contribution in [3.63, 3.8) is 0 Å². The van der Waals surface area contributed by atoms with Crippen molar-refractivity contribution in [3.05, 3.63) is 94.0 Å². The van der Waals surface area contributed by atoms with Gasteiger partial charge in [-0.3, -0.25) is 4.79 Å². The highest BCUT2D eigenvalue weighted by Crippen LogP contribution is 2.27. The van der Waals surface area contributed by atoms with Crippen LogP contribution in [0.3, 0.4) is 0 Å². The van der Waals surface area contributed by atoms with Crippen molar-refractivity contribution in [2.45, 2.75) is 13.1 Å². The van der Waals surface area contributed by atoms with E-state index in [4.69, 9.17) is 0 Å². The highest BCUT2D eigenvalue weighted by molar-refractivity contribution is 9.10. The van der Waals surface area contributed by atoms with E-state index < -0.39 is 12.2 Å². The standard InChI is InChI=1S/C24H21BrN4O2/c1-15-14-17(12-13-19(15)25)26-24(31)28-22-23(30)29(2)20-11-7-6-10-18(20)21(27-22)16-8-4-3-5-9-16/h3-14,22H,1-2H3,(H2,26,28,31)/t22-/m1/s1. The normalized spacial score (nSPS) is 15.6. The number of carbonyl (C=O) groups is 2. The van der Waals surface area contributed by atoms with Gasteiger partial charge in [0.05, 0.1) is 11.4 Å². The molecule has 3 amide bonds. The summed E-state index contributed by atoms with van der Waals surface area (Å²) in [6.07, 6.45) is -1.07. The number of benzene rings is 3. The van der Waals surface area contributed by atoms with Crippen molar-refractivity contribution in [1.29, 1.82) is 0 Å². The van der Waals surface area contributed by atoms with Gasteiger partial charge in [-0.25, -0.2) is 9.79 Å². The maximum atomic E-state index is 13.1. The SMILES string of the molecule is Cc1cc(NC(=O)N[C@H]2N=C(c3ccccc3)c3ccccc3N(C)C2=O)ccc1Br. The van der Waals surface area contributed by atoms with Gasteiger partial charge in [0.1, 0.15) is 0 Å². The van der Waals surface area contributed by atoms with Gasteiger partial charge in [0.25, 0.3) is 5.91 Å². The minimum absolute atomic E-state index is 0.319. The molecule has 4 rings (SSSR count). The molecule has 1 heterocycles. The quantitative estimate of drug-likeness (QED) is 0.573. The number of nitrogens with one attached hydrogen (secondary N) is 2. The lowest BCUT2D eigenvalue weighted by molar-refractivity contribution is -0.119. The second-order valence-electron chi connectivity index (χ2n) is 7.22. The first-order chi connectivity index (χ1) is 14.9. The number of aliphatic imine (C=N–C) groups is 1. The highest BCUT2D eigenvalue weighted by atomic mass is 79.9. The number of nitrogens with zero attached hydrogens (tertiary/aromatic N) is 2. The van der Waals surface area contributed by atoms with Gasteiger partial charge in [-0.15, -0.1) is 0 Å². The smallest absolute Gasteiger partial charge is 0.311 e. The van der Waals surface area contributed by atoms with E-state index in [2.05, 4.69) is 31.6 Å². The van der Waals surface area contributed by atoms with Gasteiger partial charge in [0.2, 0.25) is 6.17 Å². The number of carbonyl (C=O) groups excluding carboxylic acids is 2. The molecule has 0 unspecified atom stereocenters. The molecule has 0 aliphatic carbocycles. The number of anilines is 2. The Hall–Kier alpha value is -3.45. The van der Waals surface area contributed by atoms with Crippen LogP contribution in [0, 0.1) is 6.92 Å². The van der Waals surface area contributed by atoms with Crippen LogP contribution in [0.4, 0.5) is 16.2 Å². The summed E-state index contributed by atoms with van der Waals surface area (Å²) >= 11 is 3.45. The third kappa shape index (κ3) is 4.36. The monoisotopic (exact) mass is 476 g/mol. The third-order valence-corrected chi connectivity index (χ3v) is 5.96. The molecule has 1 atom stereocenters. The predicted molar refractivity (Wildman–Crippen MR) is 127 cm³/mol. The molecule has 156 valence electrons. The second-order valence-corrected chi connectivity index (χ2v) is 8.08. The Kier molecular flexibility index (Phi) is 5.86. The number of fused-ring (bicyclic) bond motifs is 1. The lowest BCUT2D eigenvalue weighted by atomic mass is 10.0. The van der Waals surface area contributed by atoms with Crippen LogP contribution in [0.5, 0.6) is 0 Å². The summed E-state index contributed by atoms with van der Waals surface area (Å²) in [6, 6.07) is 22.2. The maximum Gasteiger partial charge on any atom is 0.321 e. The molecule has 31 heavy (non-hydrogen) atoms. The number of urea groups is 1. The van der Waals surface area contributed by atoms with Crippen LogP contribution in [0.1, 0.15) is 16.7 Å². The lowest BCUT2D eigenvalue weighted by Crippen LogP contribution is -2.47. The van der Waals surface area contributed by atoms with Crippen LogP contribution in [0.15, 0.2) is 82.3 Å². The van der Waals surface area contributed by atoms with E-state index in [-0.39, 0.29) is 5.91 Å². The highest BCUT2D eigenvalue weighted by Gasteiger charge is 2.30. The zero-order chi connectivity index (χ0) is 22.0. The van der Waals surface area contributed by atoms with E-state index in [1.54, 1.807) is 13.1 Å². The van der Waals surface area contributed by atoms with Gasteiger partial charge < -0.3 is 15.5 Å². The third-order valence-electron chi connectivity index (χ3n) is 5.07. The average molecular weight is 477 g/mol. The molecule has 3 aromatic carbocycles. The summed E-state index contributed by atoms with van der Waals surface area (Å²) in [4.78, 5) is 32.0. The molecule has 0 bridgehead atoms. The molecule has 0 spiro atoms. The summed E-state index contributed by atoms with van der Waals surface area (Å²) in [5.41, 5.74) is 4.71. The number of rotatable bonds is 3. The summed E-state index contributed by atoms with van der Waals surface area (Å²) < 4.78 is 0.953. The summed E-state index contributed by atoms with van der Waals surface area (Å²) in [5, 5.41) is 5.49. The number of likely N-dealkylation sites (N-methyl/N-ethyl adjacent to an activating group) is 1. The molecular weight excluding hydrogens is 456 g/mol. The number of amides is 3. The molecule has 0 aromatic heterocycles. The topological polar surface area (TPSA) is 73.8 Å². The van der Waals surface area contributed by atoms with Gasteiger partial charge in [-0.1, -0.05) is 64.5 Å². The zero-order valence-corrected chi connectivity index (χ0v) is 18.7. The Morgan fingerprint density at radius 1 is 1.03 bits per heavy atom. The molecule has 6 nitrogen and oxygen atoms in total. The number of hydrogen-bond donors (Lipinski definition) is 2. The number of para-hydroxylation sites is 1. The Balaban J connectivity index is 1.67. The van der Waals surface area contributed by atoms with E-state index in [1.807, 2.05) is 73.7 Å². The van der Waals surface area contributed by atoms with Gasteiger partial charge >= 0.3 is 6.03 Å². The number of halogens is 1. The molecule has 2 N–H and O–H groups in total. The van der Waals surface area contributed by atoms with Crippen LogP contribution in [0.2, 0.25) is 0 Å². The van der Waals surface area contributed by atoms with E-state index in [1.165, 1.54) is 4.90 Å². The molecule has 0 radical (unpaired) electrons. The Morgan fingerprint density at radius 3 is 2.48 bits per heavy atom. The van der Waals surface area contributed by atoms with Crippen molar-refractivity contribution < 1.29 is 9.59 Å². The Labute approximate surface area is 189 Å². The van der Waals surface area contributed by atoms with Gasteiger partial charge in [-0.05, 0) is 36.8 Å². The number of hydrogen-bond acceptors (Lipinski definition) is 3.